The van der Waals surface area contributed by atoms with E-state index in [1.54, 1.807) is 0 Å². The second-order valence-corrected chi connectivity index (χ2v) is 6.41. The Bertz CT molecular complexity index is 195. The molecule has 0 heterocycles. The molecule has 0 N–H and O–H groups in total. The number of hydrogen-bond donors (Lipinski definition) is 0. The minimum Gasteiger partial charge on any atom is -0.303 e. The summed E-state index contributed by atoms with van der Waals surface area (Å²) in [7, 11) is 0. The van der Waals surface area contributed by atoms with Gasteiger partial charge in [0, 0.05) is 18.4 Å². The van der Waals surface area contributed by atoms with Gasteiger partial charge in [-0.1, -0.05) is 62.4 Å². The molecule has 0 aromatic carbocycles. The lowest BCUT2D eigenvalue weighted by atomic mass is 9.87. The Morgan fingerprint density at radius 1 is 1.12 bits per heavy atom. The largest absolute Gasteiger partial charge is 0.303 e. The number of rotatable bonds is 8. The molecule has 1 aliphatic rings. The molecule has 0 bridgehead atoms. The van der Waals surface area contributed by atoms with E-state index in [2.05, 4.69) is 41.6 Å². The highest BCUT2D eigenvalue weighted by atomic mass is 79.9. The predicted octanol–water partition coefficient (Wildman–Crippen LogP) is 4.70. The van der Waals surface area contributed by atoms with Crippen molar-refractivity contribution in [3.63, 3.8) is 0 Å². The summed E-state index contributed by atoms with van der Waals surface area (Å²) in [6.45, 7) is 10.8. The van der Waals surface area contributed by atoms with E-state index >= 15 is 0 Å². The first-order chi connectivity index (χ1) is 8.19. The van der Waals surface area contributed by atoms with E-state index in [0.717, 1.165) is 5.92 Å². The standard InChI is InChI=1S/C15H30BrN/c1-4-14(5-2)11-17(6-3)13-15(12-16)9-7-8-10-15/h14H,4-13H2,1-3H3. The molecule has 2 heteroatoms. The fraction of sp³-hybridized carbons (Fsp3) is 1.00. The van der Waals surface area contributed by atoms with E-state index in [-0.39, 0.29) is 0 Å². The van der Waals surface area contributed by atoms with Crippen LogP contribution in [0.3, 0.4) is 0 Å². The molecule has 1 nitrogen and oxygen atoms in total. The average molecular weight is 304 g/mol. The summed E-state index contributed by atoms with van der Waals surface area (Å²) in [5.41, 5.74) is 0.585. The average Bonchev–Trinajstić information content (AvgIpc) is 2.83. The Morgan fingerprint density at radius 2 is 1.71 bits per heavy atom. The summed E-state index contributed by atoms with van der Waals surface area (Å²) in [5.74, 6) is 0.892. The fourth-order valence-electron chi connectivity index (χ4n) is 3.15. The molecule has 1 saturated carbocycles. The third kappa shape index (κ3) is 4.55. The summed E-state index contributed by atoms with van der Waals surface area (Å²) in [6.07, 6.45) is 8.39. The molecule has 102 valence electrons. The normalized spacial score (nSPS) is 19.4. The van der Waals surface area contributed by atoms with Crippen molar-refractivity contribution >= 4 is 15.9 Å². The van der Waals surface area contributed by atoms with Gasteiger partial charge in [-0.05, 0) is 30.7 Å². The maximum absolute atomic E-state index is 3.76. The van der Waals surface area contributed by atoms with Crippen LogP contribution < -0.4 is 0 Å². The van der Waals surface area contributed by atoms with Crippen LogP contribution in [0.2, 0.25) is 0 Å². The molecule has 0 amide bonds. The SMILES string of the molecule is CCC(CC)CN(CC)CC1(CBr)CCCC1. The molecule has 0 radical (unpaired) electrons. The van der Waals surface area contributed by atoms with Crippen LogP contribution in [0.1, 0.15) is 59.3 Å². The van der Waals surface area contributed by atoms with Gasteiger partial charge in [-0.15, -0.1) is 0 Å². The second-order valence-electron chi connectivity index (χ2n) is 5.85. The molecule has 1 rings (SSSR count). The Kier molecular flexibility index (Phi) is 7.10. The molecular weight excluding hydrogens is 274 g/mol. The van der Waals surface area contributed by atoms with Crippen LogP contribution in [-0.4, -0.2) is 29.9 Å². The van der Waals surface area contributed by atoms with Crippen molar-refractivity contribution in [2.75, 3.05) is 25.0 Å². The lowest BCUT2D eigenvalue weighted by molar-refractivity contribution is 0.154. The van der Waals surface area contributed by atoms with Crippen LogP contribution in [0.4, 0.5) is 0 Å². The van der Waals surface area contributed by atoms with E-state index in [0.29, 0.717) is 5.41 Å². The molecule has 0 aromatic rings. The summed E-state index contributed by atoms with van der Waals surface area (Å²) in [4.78, 5) is 2.70. The van der Waals surface area contributed by atoms with Crippen molar-refractivity contribution in [1.29, 1.82) is 0 Å². The van der Waals surface area contributed by atoms with Gasteiger partial charge in [0.15, 0.2) is 0 Å². The highest BCUT2D eigenvalue weighted by molar-refractivity contribution is 9.09. The van der Waals surface area contributed by atoms with Crippen LogP contribution in [0, 0.1) is 11.3 Å². The van der Waals surface area contributed by atoms with Gasteiger partial charge in [-0.25, -0.2) is 0 Å². The van der Waals surface area contributed by atoms with Crippen molar-refractivity contribution in [3.8, 4) is 0 Å². The van der Waals surface area contributed by atoms with Gasteiger partial charge < -0.3 is 4.90 Å². The van der Waals surface area contributed by atoms with Crippen molar-refractivity contribution < 1.29 is 0 Å². The van der Waals surface area contributed by atoms with E-state index in [1.165, 1.54) is 63.5 Å². The van der Waals surface area contributed by atoms with Crippen LogP contribution in [0.5, 0.6) is 0 Å². The molecule has 0 atom stereocenters. The molecule has 0 saturated heterocycles. The minimum absolute atomic E-state index is 0.585. The molecule has 17 heavy (non-hydrogen) atoms. The Balaban J connectivity index is 2.49. The Hall–Kier alpha value is 0.440. The van der Waals surface area contributed by atoms with Crippen LogP contribution in [0.25, 0.3) is 0 Å². The van der Waals surface area contributed by atoms with E-state index in [9.17, 15) is 0 Å². The highest BCUT2D eigenvalue weighted by Crippen LogP contribution is 2.40. The molecule has 0 unspecified atom stereocenters. The lowest BCUT2D eigenvalue weighted by Gasteiger charge is -2.35. The molecule has 0 aromatic heterocycles. The van der Waals surface area contributed by atoms with Crippen molar-refractivity contribution in [3.05, 3.63) is 0 Å². The third-order valence-corrected chi connectivity index (χ3v) is 5.81. The molecule has 0 spiro atoms. The van der Waals surface area contributed by atoms with Crippen molar-refractivity contribution in [2.24, 2.45) is 11.3 Å². The van der Waals surface area contributed by atoms with E-state index in [4.69, 9.17) is 0 Å². The van der Waals surface area contributed by atoms with Gasteiger partial charge in [0.25, 0.3) is 0 Å². The van der Waals surface area contributed by atoms with Gasteiger partial charge >= 0.3 is 0 Å². The summed E-state index contributed by atoms with van der Waals surface area (Å²) in [6, 6.07) is 0. The zero-order chi connectivity index (χ0) is 12.7. The Morgan fingerprint density at radius 3 is 2.12 bits per heavy atom. The maximum Gasteiger partial charge on any atom is 0.0100 e. The molecule has 0 aliphatic heterocycles. The third-order valence-electron chi connectivity index (χ3n) is 4.63. The summed E-state index contributed by atoms with van der Waals surface area (Å²) >= 11 is 3.76. The summed E-state index contributed by atoms with van der Waals surface area (Å²) in [5, 5.41) is 1.19. The maximum atomic E-state index is 3.76. The minimum atomic E-state index is 0.585. The smallest absolute Gasteiger partial charge is 0.0100 e. The van der Waals surface area contributed by atoms with Gasteiger partial charge in [0.1, 0.15) is 0 Å². The zero-order valence-electron chi connectivity index (χ0n) is 12.0. The van der Waals surface area contributed by atoms with E-state index < -0.39 is 0 Å². The number of alkyl halides is 1. The zero-order valence-corrected chi connectivity index (χ0v) is 13.6. The van der Waals surface area contributed by atoms with Crippen molar-refractivity contribution in [1.82, 2.24) is 4.90 Å². The predicted molar refractivity (Wildman–Crippen MR) is 80.9 cm³/mol. The number of hydrogen-bond acceptors (Lipinski definition) is 1. The Labute approximate surface area is 116 Å². The number of nitrogens with zero attached hydrogens (tertiary/aromatic N) is 1. The van der Waals surface area contributed by atoms with Gasteiger partial charge in [0.2, 0.25) is 0 Å². The first-order valence-electron chi connectivity index (χ1n) is 7.48. The topological polar surface area (TPSA) is 3.24 Å². The second kappa shape index (κ2) is 7.78. The summed E-state index contributed by atoms with van der Waals surface area (Å²) < 4.78 is 0. The van der Waals surface area contributed by atoms with Gasteiger partial charge in [0.05, 0.1) is 0 Å². The number of halogens is 1. The first kappa shape index (κ1) is 15.5. The first-order valence-corrected chi connectivity index (χ1v) is 8.60. The molecule has 1 fully saturated rings. The van der Waals surface area contributed by atoms with Crippen LogP contribution in [0.15, 0.2) is 0 Å². The van der Waals surface area contributed by atoms with E-state index in [1.807, 2.05) is 0 Å². The molecule has 1 aliphatic carbocycles. The monoisotopic (exact) mass is 303 g/mol. The van der Waals surface area contributed by atoms with Gasteiger partial charge in [-0.2, -0.15) is 0 Å². The van der Waals surface area contributed by atoms with Crippen molar-refractivity contribution in [2.45, 2.75) is 59.3 Å². The van der Waals surface area contributed by atoms with Crippen LogP contribution >= 0.6 is 15.9 Å². The van der Waals surface area contributed by atoms with Crippen LogP contribution in [-0.2, 0) is 0 Å². The molecular formula is C15H30BrN. The fourth-order valence-corrected chi connectivity index (χ4v) is 3.89. The highest BCUT2D eigenvalue weighted by Gasteiger charge is 2.34. The quantitative estimate of drug-likeness (QED) is 0.588. The van der Waals surface area contributed by atoms with Gasteiger partial charge in [-0.3, -0.25) is 0 Å². The lowest BCUT2D eigenvalue weighted by Crippen LogP contribution is -2.39.